The molecule has 8 rings (SSSR count). The number of ether oxygens (including phenoxy) is 6. The van der Waals surface area contributed by atoms with Gasteiger partial charge in [-0.3, -0.25) is 24.0 Å². The number of carbonyl (C=O) groups excluding carboxylic acids is 7. The second kappa shape index (κ2) is 25.5. The van der Waals surface area contributed by atoms with Gasteiger partial charge in [-0.2, -0.15) is 0 Å². The number of aryl methyl sites for hydroxylation is 2. The van der Waals surface area contributed by atoms with Crippen molar-refractivity contribution in [3.63, 3.8) is 0 Å². The molecular weight excluding hydrogens is 1120 g/mol. The van der Waals surface area contributed by atoms with Crippen molar-refractivity contribution in [2.45, 2.75) is 148 Å². The van der Waals surface area contributed by atoms with Crippen molar-refractivity contribution >= 4 is 49.4 Å². The van der Waals surface area contributed by atoms with Gasteiger partial charge in [-0.05, 0) is 85.9 Å². The van der Waals surface area contributed by atoms with E-state index in [0.29, 0.717) is 11.1 Å². The molecule has 1 saturated heterocycles. The van der Waals surface area contributed by atoms with Crippen LogP contribution in [0.25, 0.3) is 0 Å². The molecular formula is C60H66NNa2O19P. The number of fused-ring (bicyclic) bond motifs is 5. The summed E-state index contributed by atoms with van der Waals surface area (Å²) in [4.78, 5) is 126. The second-order valence-electron chi connectivity index (χ2n) is 22.9. The van der Waals surface area contributed by atoms with Crippen molar-refractivity contribution in [3.8, 4) is 5.75 Å². The fourth-order valence-electron chi connectivity index (χ4n) is 12.9. The monoisotopic (exact) mass is 1180 g/mol. The fraction of sp³-hybridized carbons (Fsp3) is 0.450. The summed E-state index contributed by atoms with van der Waals surface area (Å²) in [6, 6.07) is 25.1. The molecule has 2 bridgehead atoms. The SMILES string of the molecule is CC(=O)O[C@H]1C(=O)[C@@]2(C)[C@H]([C@H](OC(=O)c3ccccc3)[C@]3(O)C[C@H](OC(=O)[C@H](OC(=O)CC(C)(C)c4c(C)cc(C)cc4OP(=O)([O-])[O-])[C@@H](NC(=O)c4ccccc4)c4ccccc4)C(C)=C1C3(C)C)[C@]1(OC(C)=O)CO[C@@H]1C[C@@H]2O.[Na+].[Na+]. The van der Waals surface area contributed by atoms with Gasteiger partial charge in [-0.1, -0.05) is 100 Å². The summed E-state index contributed by atoms with van der Waals surface area (Å²) in [5.41, 5.74) is -8.28. The van der Waals surface area contributed by atoms with Crippen LogP contribution in [0.3, 0.4) is 0 Å². The zero-order valence-corrected chi connectivity index (χ0v) is 53.4. The number of amides is 1. The number of nitrogens with one attached hydrogen (secondary N) is 1. The van der Waals surface area contributed by atoms with E-state index in [4.69, 9.17) is 32.9 Å². The van der Waals surface area contributed by atoms with E-state index in [1.165, 1.54) is 58.0 Å². The molecule has 4 aromatic rings. The predicted molar refractivity (Wildman–Crippen MR) is 283 cm³/mol. The number of ketones is 1. The average Bonchev–Trinajstić information content (AvgIpc) is 3.37. The summed E-state index contributed by atoms with van der Waals surface area (Å²) in [5, 5.41) is 29.2. The maximum Gasteiger partial charge on any atom is 1.00 e. The molecule has 1 amide bonds. The van der Waals surface area contributed by atoms with Gasteiger partial charge in [0.05, 0.1) is 36.0 Å². The van der Waals surface area contributed by atoms with Crippen molar-refractivity contribution in [2.75, 3.05) is 6.61 Å². The number of Topliss-reactive ketones (excluding diaryl/α,β-unsaturated/α-hetero) is 1. The molecule has 1 aliphatic heterocycles. The van der Waals surface area contributed by atoms with Gasteiger partial charge in [0.2, 0.25) is 6.10 Å². The summed E-state index contributed by atoms with van der Waals surface area (Å²) in [5.74, 6) is -8.86. The Morgan fingerprint density at radius 2 is 1.41 bits per heavy atom. The molecule has 3 N–H and O–H groups in total. The van der Waals surface area contributed by atoms with E-state index in [-0.39, 0.29) is 111 Å². The van der Waals surface area contributed by atoms with Crippen LogP contribution in [0.15, 0.2) is 114 Å². The Balaban J connectivity index is 0.00000553. The molecule has 4 aliphatic rings. The molecule has 2 saturated carbocycles. The molecule has 23 heteroatoms. The van der Waals surface area contributed by atoms with E-state index >= 15 is 9.59 Å². The standard InChI is InChI=1S/C60H68NO19P.2Na/c1-32-26-33(2)45(40(27-32)80-81(71,72)73)56(6,7)30-44(65)77-49(47(37-20-14-11-15-21-37)61-53(67)38-22-16-12-17-23-38)55(69)76-41-29-60(70)52(78-54(68)39-24-18-13-19-25-39)50-58(10,42(64)28-43-59(50,31-74-43)79-36(5)63)51(66)48(75-35(4)62)46(34(41)3)57(60,8)9;;/h11-27,41-43,47-50,52,64,70H,28-31H2,1-10H3,(H,61,67)(H2,71,72,73);;/q;2*+1/p-2/t41-,42-,43+,47-,48+,49+,50-,52-,58+,59-,60+;;/m0../s1. The molecule has 11 atom stereocenters. The number of esters is 5. The van der Waals surface area contributed by atoms with E-state index in [0.717, 1.165) is 13.8 Å². The number of phosphoric ester groups is 1. The van der Waals surface area contributed by atoms with Crippen LogP contribution < -0.4 is 78.7 Å². The normalized spacial score (nSPS) is 26.8. The summed E-state index contributed by atoms with van der Waals surface area (Å²) in [6.45, 7) is 14.0. The maximum atomic E-state index is 15.9. The molecule has 3 fully saturated rings. The van der Waals surface area contributed by atoms with Crippen molar-refractivity contribution in [1.82, 2.24) is 5.32 Å². The summed E-state index contributed by atoms with van der Waals surface area (Å²) >= 11 is 0. The third-order valence-corrected chi connectivity index (χ3v) is 17.1. The van der Waals surface area contributed by atoms with E-state index in [1.54, 1.807) is 100 Å². The molecule has 1 heterocycles. The maximum absolute atomic E-state index is 15.9. The minimum atomic E-state index is -5.64. The Labute approximate surface area is 525 Å². The summed E-state index contributed by atoms with van der Waals surface area (Å²) in [7, 11) is -5.64. The third kappa shape index (κ3) is 13.1. The largest absolute Gasteiger partial charge is 1.00 e. The first-order chi connectivity index (χ1) is 37.9. The third-order valence-electron chi connectivity index (χ3n) is 16.6. The molecule has 4 aromatic carbocycles. The molecule has 0 aromatic heterocycles. The molecule has 3 aliphatic carbocycles. The Hall–Kier alpha value is -5.06. The average molecular weight is 1180 g/mol. The number of hydrogen-bond donors (Lipinski definition) is 3. The first-order valence-electron chi connectivity index (χ1n) is 26.4. The van der Waals surface area contributed by atoms with Gasteiger partial charge >= 0.3 is 89.0 Å². The van der Waals surface area contributed by atoms with Crippen molar-refractivity contribution in [1.29, 1.82) is 0 Å². The van der Waals surface area contributed by atoms with Crippen LogP contribution in [0.5, 0.6) is 5.75 Å². The summed E-state index contributed by atoms with van der Waals surface area (Å²) in [6.07, 6.45) is -12.0. The van der Waals surface area contributed by atoms with Gasteiger partial charge < -0.3 is 62.8 Å². The number of phosphoric acid groups is 1. The van der Waals surface area contributed by atoms with Crippen LogP contribution in [0.2, 0.25) is 0 Å². The van der Waals surface area contributed by atoms with Crippen LogP contribution in [-0.4, -0.2) is 106 Å². The van der Waals surface area contributed by atoms with Gasteiger partial charge in [0.15, 0.2) is 17.5 Å². The number of hydrogen-bond acceptors (Lipinski definition) is 19. The zero-order valence-electron chi connectivity index (χ0n) is 48.5. The first kappa shape index (κ1) is 67.1. The Bertz CT molecular complexity index is 3230. The van der Waals surface area contributed by atoms with Gasteiger partial charge in [-0.25, -0.2) is 9.59 Å². The number of aliphatic hydroxyl groups excluding tert-OH is 1. The van der Waals surface area contributed by atoms with E-state index in [1.807, 2.05) is 0 Å². The second-order valence-corrected chi connectivity index (χ2v) is 24.0. The van der Waals surface area contributed by atoms with E-state index < -0.39 is 138 Å². The van der Waals surface area contributed by atoms with Crippen LogP contribution in [0.4, 0.5) is 0 Å². The number of rotatable bonds is 16. The van der Waals surface area contributed by atoms with Gasteiger partial charge in [0.25, 0.3) is 5.91 Å². The molecule has 20 nitrogen and oxygen atoms in total. The van der Waals surface area contributed by atoms with Crippen LogP contribution in [0.1, 0.15) is 124 Å². The van der Waals surface area contributed by atoms with Gasteiger partial charge in [-0.15, -0.1) is 0 Å². The van der Waals surface area contributed by atoms with Crippen molar-refractivity contribution < 1.29 is 150 Å². The smallest absolute Gasteiger partial charge is 0.780 e. The molecule has 432 valence electrons. The van der Waals surface area contributed by atoms with Crippen molar-refractivity contribution in [2.24, 2.45) is 16.7 Å². The predicted octanol–water partition coefficient (Wildman–Crippen LogP) is -0.513. The first-order valence-corrected chi connectivity index (χ1v) is 27.9. The molecule has 0 spiro atoms. The van der Waals surface area contributed by atoms with Crippen LogP contribution >= 0.6 is 7.82 Å². The van der Waals surface area contributed by atoms with E-state index in [2.05, 4.69) is 5.32 Å². The molecule has 0 unspecified atom stereocenters. The molecule has 83 heavy (non-hydrogen) atoms. The Kier molecular flexibility index (Phi) is 20.6. The Morgan fingerprint density at radius 1 is 0.831 bits per heavy atom. The van der Waals surface area contributed by atoms with Crippen molar-refractivity contribution in [3.05, 3.63) is 148 Å². The van der Waals surface area contributed by atoms with E-state index in [9.17, 15) is 48.5 Å². The fourth-order valence-corrected chi connectivity index (χ4v) is 13.3. The summed E-state index contributed by atoms with van der Waals surface area (Å²) < 4.78 is 54.1. The quantitative estimate of drug-likeness (QED) is 0.0418. The minimum absolute atomic E-state index is 0. The van der Waals surface area contributed by atoms with Gasteiger partial charge in [0.1, 0.15) is 43.5 Å². The van der Waals surface area contributed by atoms with Crippen LogP contribution in [0, 0.1) is 30.6 Å². The topological polar surface area (TPSA) is 300 Å². The number of benzene rings is 4. The van der Waals surface area contributed by atoms with Crippen LogP contribution in [-0.2, 0) is 62.4 Å². The molecule has 0 radical (unpaired) electrons. The zero-order chi connectivity index (χ0) is 59.4. The number of carbonyl (C=O) groups is 7. The van der Waals surface area contributed by atoms with Gasteiger partial charge in [0, 0.05) is 48.6 Å². The minimum Gasteiger partial charge on any atom is -0.780 e. The Morgan fingerprint density at radius 3 is 1.95 bits per heavy atom. The number of aliphatic hydroxyl groups is 2.